The zero-order valence-electron chi connectivity index (χ0n) is 9.82. The monoisotopic (exact) mass is 234 g/mol. The number of carbonyl (C=O) groups excluding carboxylic acids is 1. The van der Waals surface area contributed by atoms with Crippen molar-refractivity contribution < 1.29 is 9.53 Å². The number of ether oxygens (including phenoxy) is 1. The van der Waals surface area contributed by atoms with Gasteiger partial charge in [-0.2, -0.15) is 0 Å². The van der Waals surface area contributed by atoms with E-state index in [1.807, 2.05) is 24.3 Å². The Kier molecular flexibility index (Phi) is 4.12. The maximum Gasteiger partial charge on any atom is 0.226 e. The first-order chi connectivity index (χ1) is 8.28. The highest BCUT2D eigenvalue weighted by Gasteiger charge is 2.18. The van der Waals surface area contributed by atoms with Crippen molar-refractivity contribution in [1.82, 2.24) is 0 Å². The van der Waals surface area contributed by atoms with Crippen LogP contribution in [0.5, 0.6) is 0 Å². The summed E-state index contributed by atoms with van der Waals surface area (Å²) in [6.07, 6.45) is 2.58. The highest BCUT2D eigenvalue weighted by atomic mass is 16.5. The Bertz CT molecular complexity index is 370. The number of amides is 1. The third-order valence-electron chi connectivity index (χ3n) is 2.91. The Morgan fingerprint density at radius 2 is 2.18 bits per heavy atom. The first-order valence-corrected chi connectivity index (χ1v) is 5.98. The molecule has 1 aromatic carbocycles. The lowest BCUT2D eigenvalue weighted by molar-refractivity contribution is -0.118. The van der Waals surface area contributed by atoms with E-state index in [0.717, 1.165) is 30.7 Å². The second-order valence-electron chi connectivity index (χ2n) is 4.29. The molecule has 92 valence electrons. The van der Waals surface area contributed by atoms with Gasteiger partial charge < -0.3 is 15.8 Å². The SMILES string of the molecule is NCc1ccc(NC(=O)CC2CCCO2)cc1. The van der Waals surface area contributed by atoms with Crippen LogP contribution in [0.4, 0.5) is 5.69 Å². The van der Waals surface area contributed by atoms with Crippen LogP contribution in [0.3, 0.4) is 0 Å². The zero-order valence-corrected chi connectivity index (χ0v) is 9.82. The molecule has 0 bridgehead atoms. The molecule has 0 aromatic heterocycles. The minimum absolute atomic E-state index is 0.0115. The van der Waals surface area contributed by atoms with Crippen molar-refractivity contribution in [2.75, 3.05) is 11.9 Å². The molecule has 1 aromatic rings. The van der Waals surface area contributed by atoms with E-state index in [2.05, 4.69) is 5.32 Å². The molecule has 3 N–H and O–H groups in total. The summed E-state index contributed by atoms with van der Waals surface area (Å²) < 4.78 is 5.42. The van der Waals surface area contributed by atoms with Gasteiger partial charge in [0.1, 0.15) is 0 Å². The first-order valence-electron chi connectivity index (χ1n) is 5.98. The standard InChI is InChI=1S/C13H18N2O2/c14-9-10-3-5-11(6-4-10)15-13(16)8-12-2-1-7-17-12/h3-6,12H,1-2,7-9,14H2,(H,15,16). The molecular formula is C13H18N2O2. The van der Waals surface area contributed by atoms with E-state index in [-0.39, 0.29) is 12.0 Å². The summed E-state index contributed by atoms with van der Waals surface area (Å²) in [5.74, 6) is 0.0115. The van der Waals surface area contributed by atoms with Crippen molar-refractivity contribution in [1.29, 1.82) is 0 Å². The molecule has 0 saturated carbocycles. The molecule has 1 saturated heterocycles. The molecule has 1 atom stereocenters. The van der Waals surface area contributed by atoms with E-state index in [4.69, 9.17) is 10.5 Å². The average molecular weight is 234 g/mol. The summed E-state index contributed by atoms with van der Waals surface area (Å²) in [4.78, 5) is 11.7. The van der Waals surface area contributed by atoms with Gasteiger partial charge in [-0.15, -0.1) is 0 Å². The molecule has 4 nitrogen and oxygen atoms in total. The van der Waals surface area contributed by atoms with Crippen LogP contribution in [0.15, 0.2) is 24.3 Å². The van der Waals surface area contributed by atoms with Gasteiger partial charge in [-0.3, -0.25) is 4.79 Å². The zero-order chi connectivity index (χ0) is 12.1. The second-order valence-corrected chi connectivity index (χ2v) is 4.29. The number of carbonyl (C=O) groups is 1. The molecule has 1 aliphatic rings. The number of benzene rings is 1. The highest BCUT2D eigenvalue weighted by molar-refractivity contribution is 5.91. The molecular weight excluding hydrogens is 216 g/mol. The van der Waals surface area contributed by atoms with Crippen molar-refractivity contribution in [2.45, 2.75) is 31.9 Å². The molecule has 1 amide bonds. The van der Waals surface area contributed by atoms with Gasteiger partial charge in [0, 0.05) is 18.8 Å². The summed E-state index contributed by atoms with van der Waals surface area (Å²) in [6, 6.07) is 7.58. The Labute approximate surface area is 101 Å². The second kappa shape index (κ2) is 5.80. The number of anilines is 1. The Hall–Kier alpha value is -1.39. The molecule has 1 heterocycles. The van der Waals surface area contributed by atoms with Crippen LogP contribution in [0, 0.1) is 0 Å². The van der Waals surface area contributed by atoms with Gasteiger partial charge in [0.25, 0.3) is 0 Å². The Balaban J connectivity index is 1.84. The predicted octanol–water partition coefficient (Wildman–Crippen LogP) is 1.65. The fourth-order valence-electron chi connectivity index (χ4n) is 1.95. The van der Waals surface area contributed by atoms with Crippen LogP contribution in [-0.2, 0) is 16.1 Å². The summed E-state index contributed by atoms with van der Waals surface area (Å²) in [5, 5.41) is 2.86. The molecule has 0 radical (unpaired) electrons. The van der Waals surface area contributed by atoms with Crippen LogP contribution in [0.1, 0.15) is 24.8 Å². The number of rotatable bonds is 4. The highest BCUT2D eigenvalue weighted by Crippen LogP contribution is 2.16. The maximum atomic E-state index is 11.7. The van der Waals surface area contributed by atoms with E-state index >= 15 is 0 Å². The number of nitrogens with one attached hydrogen (secondary N) is 1. The van der Waals surface area contributed by atoms with E-state index in [1.165, 1.54) is 0 Å². The lowest BCUT2D eigenvalue weighted by atomic mass is 10.1. The van der Waals surface area contributed by atoms with Crippen LogP contribution in [0.25, 0.3) is 0 Å². The predicted molar refractivity (Wildman–Crippen MR) is 66.6 cm³/mol. The van der Waals surface area contributed by atoms with Crippen LogP contribution < -0.4 is 11.1 Å². The van der Waals surface area contributed by atoms with Crippen LogP contribution in [-0.4, -0.2) is 18.6 Å². The number of nitrogens with two attached hydrogens (primary N) is 1. The minimum Gasteiger partial charge on any atom is -0.378 e. The molecule has 1 fully saturated rings. The third kappa shape index (κ3) is 3.54. The van der Waals surface area contributed by atoms with Crippen molar-refractivity contribution in [3.05, 3.63) is 29.8 Å². The van der Waals surface area contributed by atoms with E-state index in [9.17, 15) is 4.79 Å². The van der Waals surface area contributed by atoms with E-state index in [0.29, 0.717) is 13.0 Å². The quantitative estimate of drug-likeness (QED) is 0.832. The lowest BCUT2D eigenvalue weighted by Gasteiger charge is -2.10. The fraction of sp³-hybridized carbons (Fsp3) is 0.462. The third-order valence-corrected chi connectivity index (χ3v) is 2.91. The summed E-state index contributed by atoms with van der Waals surface area (Å²) in [6.45, 7) is 1.30. The summed E-state index contributed by atoms with van der Waals surface area (Å²) >= 11 is 0. The van der Waals surface area contributed by atoms with Crippen molar-refractivity contribution in [2.24, 2.45) is 5.73 Å². The molecule has 1 unspecified atom stereocenters. The van der Waals surface area contributed by atoms with Crippen molar-refractivity contribution in [3.63, 3.8) is 0 Å². The molecule has 0 aliphatic carbocycles. The topological polar surface area (TPSA) is 64.3 Å². The van der Waals surface area contributed by atoms with Crippen LogP contribution in [0.2, 0.25) is 0 Å². The number of hydrogen-bond acceptors (Lipinski definition) is 3. The average Bonchev–Trinajstić information content (AvgIpc) is 2.82. The van der Waals surface area contributed by atoms with Gasteiger partial charge >= 0.3 is 0 Å². The van der Waals surface area contributed by atoms with Gasteiger partial charge in [-0.25, -0.2) is 0 Å². The normalized spacial score (nSPS) is 19.2. The summed E-state index contributed by atoms with van der Waals surface area (Å²) in [7, 11) is 0. The van der Waals surface area contributed by atoms with E-state index < -0.39 is 0 Å². The minimum atomic E-state index is 0.0115. The molecule has 1 aliphatic heterocycles. The molecule has 0 spiro atoms. The van der Waals surface area contributed by atoms with E-state index in [1.54, 1.807) is 0 Å². The first kappa shape index (κ1) is 12.1. The van der Waals surface area contributed by atoms with Gasteiger partial charge in [0.15, 0.2) is 0 Å². The van der Waals surface area contributed by atoms with Crippen LogP contribution >= 0.6 is 0 Å². The smallest absolute Gasteiger partial charge is 0.226 e. The molecule has 17 heavy (non-hydrogen) atoms. The van der Waals surface area contributed by atoms with Gasteiger partial charge in [0.05, 0.1) is 12.5 Å². The molecule has 2 rings (SSSR count). The Morgan fingerprint density at radius 1 is 1.41 bits per heavy atom. The maximum absolute atomic E-state index is 11.7. The van der Waals surface area contributed by atoms with Gasteiger partial charge in [-0.1, -0.05) is 12.1 Å². The molecule has 4 heteroatoms. The van der Waals surface area contributed by atoms with Gasteiger partial charge in [0.2, 0.25) is 5.91 Å². The van der Waals surface area contributed by atoms with Gasteiger partial charge in [-0.05, 0) is 30.5 Å². The number of hydrogen-bond donors (Lipinski definition) is 2. The van der Waals surface area contributed by atoms with Crippen molar-refractivity contribution >= 4 is 11.6 Å². The summed E-state index contributed by atoms with van der Waals surface area (Å²) in [5.41, 5.74) is 7.37. The van der Waals surface area contributed by atoms with Crippen molar-refractivity contribution in [3.8, 4) is 0 Å². The fourth-order valence-corrected chi connectivity index (χ4v) is 1.95. The Morgan fingerprint density at radius 3 is 2.76 bits per heavy atom. The lowest BCUT2D eigenvalue weighted by Crippen LogP contribution is -2.19. The largest absolute Gasteiger partial charge is 0.378 e.